The predicted octanol–water partition coefficient (Wildman–Crippen LogP) is 15.0. The maximum absolute atomic E-state index is 8.80. The lowest BCUT2D eigenvalue weighted by Crippen LogP contribution is -2.17. The van der Waals surface area contributed by atoms with Crippen LogP contribution in [0.1, 0.15) is 141 Å². The average Bonchev–Trinajstić information content (AvgIpc) is 3.21. The smallest absolute Gasteiger partial charge is 0.0991 e. The van der Waals surface area contributed by atoms with E-state index in [9.17, 15) is 0 Å². The molecule has 450 valence electrons. The van der Waals surface area contributed by atoms with E-state index >= 15 is 0 Å². The van der Waals surface area contributed by atoms with Crippen molar-refractivity contribution in [2.45, 2.75) is 89.1 Å². The third-order valence-corrected chi connectivity index (χ3v) is 16.6. The average molecular weight is 1200 g/mol. The number of aryl methyl sites for hydroxylation is 3. The fourth-order valence-corrected chi connectivity index (χ4v) is 11.6. The number of nitrogens with zero attached hydrogens (tertiary/aromatic N) is 15. The van der Waals surface area contributed by atoms with Gasteiger partial charge in [-0.15, -0.1) is 0 Å². The summed E-state index contributed by atoms with van der Waals surface area (Å²) >= 11 is 0. The summed E-state index contributed by atoms with van der Waals surface area (Å²) in [7, 11) is 0. The van der Waals surface area contributed by atoms with Crippen LogP contribution in [-0.2, 0) is 32.4 Å². The lowest BCUT2D eigenvalue weighted by Gasteiger charge is -2.25. The second kappa shape index (κ2) is 31.6. The van der Waals surface area contributed by atoms with E-state index in [0.717, 1.165) is 56.3 Å². The Morgan fingerprint density at radius 1 is 0.380 bits per heavy atom. The highest BCUT2D eigenvalue weighted by molar-refractivity contribution is 5.38. The molecule has 3 aliphatic heterocycles. The minimum Gasteiger partial charge on any atom is -0.350 e. The lowest BCUT2D eigenvalue weighted by atomic mass is 9.96. The van der Waals surface area contributed by atoms with Crippen LogP contribution in [-0.4, -0.2) is 42.4 Å². The van der Waals surface area contributed by atoms with Gasteiger partial charge in [0.05, 0.1) is 113 Å². The molecule has 4 atom stereocenters. The minimum absolute atomic E-state index is 0.313. The zero-order valence-electron chi connectivity index (χ0n) is 51.1. The fourth-order valence-electron chi connectivity index (χ4n) is 11.6. The van der Waals surface area contributed by atoms with Gasteiger partial charge in [0.1, 0.15) is 0 Å². The number of nitriles is 6. The number of fused-ring (bicyclic) bond motifs is 3. The number of hydrogen-bond donors (Lipinski definition) is 0. The standard InChI is InChI=1S/C14H13N3.C14H12N2.C13H11N3.C13H12N2.C12H10N2.C11H9N3/c15-8-11-4-6-12(7-5-11)14-3-1-2-13-9-16-10-17(13)14;15-10-11-3-5-12(6-4-11)14-8-7-13-2-1-9-16(13)14;14-7-10-1-3-11(4-2-10)13-6-5-12-8-15-9-16(12)13;1-11(15-8-2-3-9-15)13-6-4-12(10-14)5-7-13;13-9-11-3-5-12(6-4-11)10-14-7-1-2-8-14;12-7-10-1-3-11(4-2-10)8-14-6-5-13-9-14/h4-7,9-10,14H,1-3H2;1-6,9,14H,7-8H2;1-4,8-9,13H,5-6H2;2-9,11H,1H3;1-8H,10H2;1-6,9H,8H2/t2*14-;13-;11-;;/m0000../s1. The zero-order valence-corrected chi connectivity index (χ0v) is 51.1. The SMILES string of the molecule is C[C@@H](c1ccc(C#N)cc1)n1cccc1.N#Cc1ccc(Cn2cccc2)cc1.N#Cc1ccc(Cn2ccnc2)cc1.N#Cc1ccc([C@@H]2CCCc3cncn32)cc1.N#Cc1ccc([C@@H]2CCc3cccn32)cc1.N#Cc1ccc([C@@H]2CCc3cncn32)cc1. The molecule has 0 radical (unpaired) electrons. The topological polar surface area (TPSA) is 211 Å². The maximum Gasteiger partial charge on any atom is 0.0991 e. The van der Waals surface area contributed by atoms with Crippen molar-refractivity contribution in [2.24, 2.45) is 0 Å². The monoisotopic (exact) mass is 1200 g/mol. The third kappa shape index (κ3) is 16.5. The van der Waals surface area contributed by atoms with E-state index in [1.807, 2.05) is 206 Å². The molecule has 12 aromatic rings. The predicted molar refractivity (Wildman–Crippen MR) is 353 cm³/mol. The highest BCUT2D eigenvalue weighted by Gasteiger charge is 2.24. The first-order chi connectivity index (χ1) is 45.2. The van der Waals surface area contributed by atoms with Gasteiger partial charge in [0.25, 0.3) is 0 Å². The molecule has 0 saturated heterocycles. The molecule has 6 aromatic carbocycles. The molecule has 0 N–H and O–H groups in total. The summed E-state index contributed by atoms with van der Waals surface area (Å²) in [4.78, 5) is 12.4. The molecule has 0 bridgehead atoms. The van der Waals surface area contributed by atoms with E-state index in [2.05, 4.69) is 124 Å². The van der Waals surface area contributed by atoms with Crippen LogP contribution in [0.25, 0.3) is 0 Å². The highest BCUT2D eigenvalue weighted by atomic mass is 15.1. The summed E-state index contributed by atoms with van der Waals surface area (Å²) in [5.74, 6) is 0. The summed E-state index contributed by atoms with van der Waals surface area (Å²) in [6.07, 6.45) is 31.4. The number of benzene rings is 6. The first-order valence-corrected chi connectivity index (χ1v) is 30.6. The second-order valence-corrected chi connectivity index (χ2v) is 22.5. The van der Waals surface area contributed by atoms with Crippen molar-refractivity contribution in [1.82, 2.24) is 42.4 Å². The molecule has 0 spiro atoms. The normalized spacial score (nSPS) is 14.6. The van der Waals surface area contributed by atoms with Crippen LogP contribution in [0.3, 0.4) is 0 Å². The Bertz CT molecular complexity index is 4300. The Morgan fingerprint density at radius 2 is 0.783 bits per heavy atom. The molecular weight excluding hydrogens is 1130 g/mol. The lowest BCUT2D eigenvalue weighted by molar-refractivity contribution is 0.458. The van der Waals surface area contributed by atoms with E-state index in [1.54, 1.807) is 12.5 Å². The summed E-state index contributed by atoms with van der Waals surface area (Å²) in [5, 5.41) is 52.3. The number of aromatic nitrogens is 9. The summed E-state index contributed by atoms with van der Waals surface area (Å²) < 4.78 is 13.0. The van der Waals surface area contributed by atoms with Crippen LogP contribution in [0.5, 0.6) is 0 Å². The van der Waals surface area contributed by atoms with Crippen molar-refractivity contribution in [3.8, 4) is 36.4 Å². The molecule has 6 aromatic heterocycles. The molecule has 0 aliphatic carbocycles. The van der Waals surface area contributed by atoms with E-state index in [4.69, 9.17) is 31.6 Å². The third-order valence-electron chi connectivity index (χ3n) is 16.6. The molecule has 15 rings (SSSR count). The molecule has 3 aliphatic rings. The van der Waals surface area contributed by atoms with Gasteiger partial charge in [-0.2, -0.15) is 31.6 Å². The molecule has 0 unspecified atom stereocenters. The largest absolute Gasteiger partial charge is 0.350 e. The van der Waals surface area contributed by atoms with Gasteiger partial charge in [0.2, 0.25) is 0 Å². The molecule has 15 heteroatoms. The summed E-state index contributed by atoms with van der Waals surface area (Å²) in [6, 6.07) is 73.2. The van der Waals surface area contributed by atoms with E-state index in [1.165, 1.54) is 63.3 Å². The van der Waals surface area contributed by atoms with E-state index < -0.39 is 0 Å². The van der Waals surface area contributed by atoms with E-state index in [-0.39, 0.29) is 0 Å². The van der Waals surface area contributed by atoms with Crippen molar-refractivity contribution in [2.75, 3.05) is 0 Å². The van der Waals surface area contributed by atoms with Crippen molar-refractivity contribution < 1.29 is 0 Å². The first kappa shape index (κ1) is 62.8. The van der Waals surface area contributed by atoms with Gasteiger partial charge in [-0.25, -0.2) is 15.0 Å². The molecular formula is C77H67N15. The van der Waals surface area contributed by atoms with Gasteiger partial charge in [-0.3, -0.25) is 0 Å². The van der Waals surface area contributed by atoms with Gasteiger partial charge in [0, 0.05) is 85.9 Å². The summed E-state index contributed by atoms with van der Waals surface area (Å²) in [6.45, 7) is 3.80. The molecule has 0 amide bonds. The van der Waals surface area contributed by atoms with Crippen LogP contribution in [0.2, 0.25) is 0 Å². The van der Waals surface area contributed by atoms with Gasteiger partial charge >= 0.3 is 0 Å². The van der Waals surface area contributed by atoms with Crippen molar-refractivity contribution >= 4 is 0 Å². The number of rotatable bonds is 9. The van der Waals surface area contributed by atoms with Crippen LogP contribution in [0.4, 0.5) is 0 Å². The molecule has 0 saturated carbocycles. The summed E-state index contributed by atoms with van der Waals surface area (Å²) in [5.41, 5.74) is 15.7. The second-order valence-electron chi connectivity index (χ2n) is 22.5. The molecule has 92 heavy (non-hydrogen) atoms. The Balaban J connectivity index is 0.000000121. The van der Waals surface area contributed by atoms with Crippen LogP contribution < -0.4 is 0 Å². The Kier molecular flexibility index (Phi) is 21.5. The van der Waals surface area contributed by atoms with Crippen LogP contribution in [0.15, 0.2) is 257 Å². The highest BCUT2D eigenvalue weighted by Crippen LogP contribution is 2.34. The molecule has 0 fully saturated rings. The molecule has 9 heterocycles. The quantitative estimate of drug-likeness (QED) is 0.134. The van der Waals surface area contributed by atoms with Gasteiger partial charge in [0.15, 0.2) is 0 Å². The van der Waals surface area contributed by atoms with Gasteiger partial charge in [-0.1, -0.05) is 72.8 Å². The van der Waals surface area contributed by atoms with Gasteiger partial charge in [-0.05, 0) is 194 Å². The Labute approximate surface area is 537 Å². The van der Waals surface area contributed by atoms with Crippen LogP contribution >= 0.6 is 0 Å². The number of hydrogen-bond acceptors (Lipinski definition) is 9. The van der Waals surface area contributed by atoms with Crippen LogP contribution in [0, 0.1) is 68.0 Å². The Hall–Kier alpha value is -12.3. The van der Waals surface area contributed by atoms with Gasteiger partial charge < -0.3 is 27.4 Å². The maximum atomic E-state index is 8.80. The van der Waals surface area contributed by atoms with E-state index in [0.29, 0.717) is 46.4 Å². The fraction of sp³-hybridized carbons (Fsp3) is 0.182. The zero-order chi connectivity index (χ0) is 63.9. The molecule has 15 nitrogen and oxygen atoms in total. The van der Waals surface area contributed by atoms with Crippen molar-refractivity contribution in [3.05, 3.63) is 341 Å². The Morgan fingerprint density at radius 3 is 1.24 bits per heavy atom. The minimum atomic E-state index is 0.313. The van der Waals surface area contributed by atoms with Crippen molar-refractivity contribution in [1.29, 1.82) is 31.6 Å². The first-order valence-electron chi connectivity index (χ1n) is 30.6. The number of imidazole rings is 3. The van der Waals surface area contributed by atoms with Crippen molar-refractivity contribution in [3.63, 3.8) is 0 Å².